The van der Waals surface area contributed by atoms with Crippen molar-refractivity contribution in [2.24, 2.45) is 0 Å². The average Bonchev–Trinajstić information content (AvgIpc) is 2.94. The molecule has 0 saturated heterocycles. The lowest BCUT2D eigenvalue weighted by atomic mass is 10.1. The summed E-state index contributed by atoms with van der Waals surface area (Å²) >= 11 is 1.20. The maximum atomic E-state index is 12.6. The van der Waals surface area contributed by atoms with Crippen LogP contribution in [0.1, 0.15) is 20.8 Å². The summed E-state index contributed by atoms with van der Waals surface area (Å²) in [6.07, 6.45) is 0. The normalized spacial score (nSPS) is 10.5. The van der Waals surface area contributed by atoms with Gasteiger partial charge in [0.25, 0.3) is 5.91 Å². The summed E-state index contributed by atoms with van der Waals surface area (Å²) in [5.74, 6) is -0.193. The summed E-state index contributed by atoms with van der Waals surface area (Å²) in [4.78, 5) is 17.5. The van der Waals surface area contributed by atoms with Crippen LogP contribution >= 0.6 is 11.3 Å². The van der Waals surface area contributed by atoms with Gasteiger partial charge in [-0.2, -0.15) is 0 Å². The molecule has 3 aromatic rings. The van der Waals surface area contributed by atoms with Crippen molar-refractivity contribution in [2.45, 2.75) is 13.8 Å². The Morgan fingerprint density at radius 1 is 1.09 bits per heavy atom. The minimum Gasteiger partial charge on any atom is -0.375 e. The summed E-state index contributed by atoms with van der Waals surface area (Å²) < 4.78 is 0. The number of aryl methyl sites for hydroxylation is 2. The van der Waals surface area contributed by atoms with Crippen LogP contribution in [0.4, 0.5) is 10.8 Å². The SMILES string of the molecule is Cc1ccc(NC(=O)c2sc(N)nc2-c2ccccc2)cc1C. The maximum absolute atomic E-state index is 12.6. The van der Waals surface area contributed by atoms with Crippen LogP contribution in [0, 0.1) is 13.8 Å². The van der Waals surface area contributed by atoms with E-state index >= 15 is 0 Å². The first-order chi connectivity index (χ1) is 11.0. The van der Waals surface area contributed by atoms with Crippen molar-refractivity contribution in [3.63, 3.8) is 0 Å². The quantitative estimate of drug-likeness (QED) is 0.756. The topological polar surface area (TPSA) is 68.0 Å². The van der Waals surface area contributed by atoms with Crippen molar-refractivity contribution in [2.75, 3.05) is 11.1 Å². The minimum absolute atomic E-state index is 0.193. The summed E-state index contributed by atoms with van der Waals surface area (Å²) in [5, 5.41) is 3.31. The molecule has 116 valence electrons. The van der Waals surface area contributed by atoms with Gasteiger partial charge in [0.2, 0.25) is 0 Å². The number of benzene rings is 2. The van der Waals surface area contributed by atoms with E-state index in [0.717, 1.165) is 16.8 Å². The predicted molar refractivity (Wildman–Crippen MR) is 95.8 cm³/mol. The predicted octanol–water partition coefficient (Wildman–Crippen LogP) is 4.26. The van der Waals surface area contributed by atoms with E-state index in [4.69, 9.17) is 5.73 Å². The third kappa shape index (κ3) is 3.24. The second kappa shape index (κ2) is 6.22. The van der Waals surface area contributed by atoms with E-state index in [9.17, 15) is 4.79 Å². The van der Waals surface area contributed by atoms with Crippen molar-refractivity contribution in [3.05, 3.63) is 64.5 Å². The first-order valence-corrected chi connectivity index (χ1v) is 8.06. The molecular weight excluding hydrogens is 306 g/mol. The van der Waals surface area contributed by atoms with E-state index in [0.29, 0.717) is 15.7 Å². The Morgan fingerprint density at radius 3 is 2.52 bits per heavy atom. The molecule has 23 heavy (non-hydrogen) atoms. The molecule has 0 radical (unpaired) electrons. The lowest BCUT2D eigenvalue weighted by Crippen LogP contribution is -2.11. The molecule has 4 nitrogen and oxygen atoms in total. The Balaban J connectivity index is 1.92. The van der Waals surface area contributed by atoms with E-state index in [1.165, 1.54) is 16.9 Å². The molecule has 2 aromatic carbocycles. The van der Waals surface area contributed by atoms with Gasteiger partial charge in [0.1, 0.15) is 4.88 Å². The second-order valence-electron chi connectivity index (χ2n) is 5.35. The average molecular weight is 323 g/mol. The number of hydrogen-bond donors (Lipinski definition) is 2. The van der Waals surface area contributed by atoms with E-state index < -0.39 is 0 Å². The van der Waals surface area contributed by atoms with E-state index in [-0.39, 0.29) is 5.91 Å². The Hall–Kier alpha value is -2.66. The van der Waals surface area contributed by atoms with E-state index in [1.807, 2.05) is 62.4 Å². The molecule has 0 aliphatic rings. The Labute approximate surface area is 139 Å². The Bertz CT molecular complexity index is 856. The standard InChI is InChI=1S/C18H17N3OS/c1-11-8-9-14(10-12(11)2)20-17(22)16-15(21-18(19)23-16)13-6-4-3-5-7-13/h3-10H,1-2H3,(H2,19,21)(H,20,22). The highest BCUT2D eigenvalue weighted by molar-refractivity contribution is 7.17. The zero-order valence-electron chi connectivity index (χ0n) is 13.0. The summed E-state index contributed by atoms with van der Waals surface area (Å²) in [6, 6.07) is 15.4. The summed E-state index contributed by atoms with van der Waals surface area (Å²) in [6.45, 7) is 4.06. The highest BCUT2D eigenvalue weighted by Crippen LogP contribution is 2.30. The zero-order chi connectivity index (χ0) is 16.4. The van der Waals surface area contributed by atoms with Crippen molar-refractivity contribution < 1.29 is 4.79 Å². The van der Waals surface area contributed by atoms with Crippen LogP contribution in [-0.4, -0.2) is 10.9 Å². The van der Waals surface area contributed by atoms with Crippen molar-refractivity contribution in [3.8, 4) is 11.3 Å². The smallest absolute Gasteiger partial charge is 0.268 e. The number of thiazole rings is 1. The third-order valence-electron chi connectivity index (χ3n) is 3.66. The van der Waals surface area contributed by atoms with Gasteiger partial charge in [-0.1, -0.05) is 47.7 Å². The number of aromatic nitrogens is 1. The molecule has 3 N–H and O–H groups in total. The van der Waals surface area contributed by atoms with Crippen LogP contribution in [0.15, 0.2) is 48.5 Å². The number of carbonyl (C=O) groups is 1. The fourth-order valence-electron chi connectivity index (χ4n) is 2.29. The van der Waals surface area contributed by atoms with Crippen molar-refractivity contribution >= 4 is 28.1 Å². The molecule has 0 unspecified atom stereocenters. The van der Waals surface area contributed by atoms with Crippen LogP contribution < -0.4 is 11.1 Å². The molecule has 0 spiro atoms. The minimum atomic E-state index is -0.193. The van der Waals surface area contributed by atoms with Crippen molar-refractivity contribution in [1.82, 2.24) is 4.98 Å². The number of anilines is 2. The number of nitrogens with zero attached hydrogens (tertiary/aromatic N) is 1. The number of carbonyl (C=O) groups excluding carboxylic acids is 1. The first kappa shape index (κ1) is 15.2. The van der Waals surface area contributed by atoms with Crippen LogP contribution in [0.2, 0.25) is 0 Å². The lowest BCUT2D eigenvalue weighted by Gasteiger charge is -2.07. The molecule has 0 aliphatic heterocycles. The highest BCUT2D eigenvalue weighted by atomic mass is 32.1. The molecule has 3 rings (SSSR count). The molecule has 1 amide bonds. The van der Waals surface area contributed by atoms with Gasteiger partial charge in [0.05, 0.1) is 5.69 Å². The maximum Gasteiger partial charge on any atom is 0.268 e. The molecule has 5 heteroatoms. The molecule has 0 aliphatic carbocycles. The van der Waals surface area contributed by atoms with Gasteiger partial charge in [-0.05, 0) is 37.1 Å². The van der Waals surface area contributed by atoms with Crippen LogP contribution in [0.5, 0.6) is 0 Å². The van der Waals surface area contributed by atoms with Gasteiger partial charge in [-0.15, -0.1) is 0 Å². The van der Waals surface area contributed by atoms with Gasteiger partial charge in [-0.3, -0.25) is 4.79 Å². The van der Waals surface area contributed by atoms with Gasteiger partial charge < -0.3 is 11.1 Å². The molecule has 0 atom stereocenters. The van der Waals surface area contributed by atoms with Gasteiger partial charge in [0.15, 0.2) is 5.13 Å². The molecule has 0 bridgehead atoms. The number of amides is 1. The largest absolute Gasteiger partial charge is 0.375 e. The second-order valence-corrected chi connectivity index (χ2v) is 6.38. The lowest BCUT2D eigenvalue weighted by molar-refractivity contribution is 0.103. The van der Waals surface area contributed by atoms with E-state index in [1.54, 1.807) is 0 Å². The molecule has 1 heterocycles. The van der Waals surface area contributed by atoms with Crippen LogP contribution in [0.25, 0.3) is 11.3 Å². The molecule has 0 saturated carbocycles. The number of nitrogen functional groups attached to an aromatic ring is 1. The third-order valence-corrected chi connectivity index (χ3v) is 4.55. The summed E-state index contributed by atoms with van der Waals surface area (Å²) in [7, 11) is 0. The fourth-order valence-corrected chi connectivity index (χ4v) is 3.04. The van der Waals surface area contributed by atoms with Crippen LogP contribution in [0.3, 0.4) is 0 Å². The molecule has 0 fully saturated rings. The highest BCUT2D eigenvalue weighted by Gasteiger charge is 2.18. The zero-order valence-corrected chi connectivity index (χ0v) is 13.8. The van der Waals surface area contributed by atoms with Gasteiger partial charge in [-0.25, -0.2) is 4.98 Å². The Kier molecular flexibility index (Phi) is 4.12. The monoisotopic (exact) mass is 323 g/mol. The van der Waals surface area contributed by atoms with E-state index in [2.05, 4.69) is 10.3 Å². The van der Waals surface area contributed by atoms with Gasteiger partial charge in [0, 0.05) is 11.3 Å². The van der Waals surface area contributed by atoms with Crippen molar-refractivity contribution in [1.29, 1.82) is 0 Å². The van der Waals surface area contributed by atoms with Crippen LogP contribution in [-0.2, 0) is 0 Å². The number of nitrogens with one attached hydrogen (secondary N) is 1. The number of nitrogens with two attached hydrogens (primary N) is 1. The molecular formula is C18H17N3OS. The summed E-state index contributed by atoms with van der Waals surface area (Å²) in [5.41, 5.74) is 10.4. The first-order valence-electron chi connectivity index (χ1n) is 7.25. The molecule has 1 aromatic heterocycles. The number of hydrogen-bond acceptors (Lipinski definition) is 4. The van der Waals surface area contributed by atoms with Gasteiger partial charge >= 0.3 is 0 Å². The Morgan fingerprint density at radius 2 is 1.83 bits per heavy atom. The number of rotatable bonds is 3. The fraction of sp³-hybridized carbons (Fsp3) is 0.111.